The Hall–Kier alpha value is -2.28. The number of fused-ring (bicyclic) bond motifs is 1. The highest BCUT2D eigenvalue weighted by Crippen LogP contribution is 2.27. The minimum atomic E-state index is 0.452. The molecule has 25 heavy (non-hydrogen) atoms. The lowest BCUT2D eigenvalue weighted by Crippen LogP contribution is -2.33. The smallest absolute Gasteiger partial charge is 0.240 e. The average Bonchev–Trinajstić information content (AvgIpc) is 3.22. The number of hydrogen-bond acceptors (Lipinski definition) is 6. The fourth-order valence-corrected chi connectivity index (χ4v) is 3.48. The molecule has 0 saturated carbocycles. The van der Waals surface area contributed by atoms with Gasteiger partial charge in [-0.3, -0.25) is 9.30 Å². The normalized spacial score (nSPS) is 16.9. The molecule has 4 rings (SSSR count). The van der Waals surface area contributed by atoms with Crippen molar-refractivity contribution in [3.63, 3.8) is 0 Å². The lowest BCUT2D eigenvalue weighted by Gasteiger charge is -2.29. The van der Waals surface area contributed by atoms with Crippen LogP contribution in [0.15, 0.2) is 28.9 Å². The second kappa shape index (κ2) is 6.92. The van der Waals surface area contributed by atoms with Gasteiger partial charge in [-0.25, -0.2) is 0 Å². The van der Waals surface area contributed by atoms with Crippen molar-refractivity contribution in [1.82, 2.24) is 29.6 Å². The third kappa shape index (κ3) is 3.56. The van der Waals surface area contributed by atoms with Crippen molar-refractivity contribution in [2.24, 2.45) is 5.92 Å². The van der Waals surface area contributed by atoms with E-state index >= 15 is 0 Å². The van der Waals surface area contributed by atoms with Crippen LogP contribution in [0.3, 0.4) is 0 Å². The second-order valence-corrected chi connectivity index (χ2v) is 7.24. The summed E-state index contributed by atoms with van der Waals surface area (Å²) in [5, 5.41) is 12.8. The van der Waals surface area contributed by atoms with E-state index in [1.807, 2.05) is 24.4 Å². The quantitative estimate of drug-likeness (QED) is 0.711. The third-order valence-electron chi connectivity index (χ3n) is 4.75. The first-order valence-corrected chi connectivity index (χ1v) is 9.02. The molecule has 1 saturated heterocycles. The summed E-state index contributed by atoms with van der Waals surface area (Å²) in [4.78, 5) is 6.89. The molecule has 1 fully saturated rings. The standard InChI is InChI=1S/C18H24N6O/c1-13(2)11-15-19-17(25-22-15)12-23-9-6-14(7-10-23)18-21-20-16-5-3-4-8-24(16)18/h3-5,8,13-14H,6-7,9-12H2,1-2H3. The summed E-state index contributed by atoms with van der Waals surface area (Å²) < 4.78 is 7.50. The first-order chi connectivity index (χ1) is 12.2. The first-order valence-electron chi connectivity index (χ1n) is 9.02. The van der Waals surface area contributed by atoms with Crippen LogP contribution < -0.4 is 0 Å². The van der Waals surface area contributed by atoms with Gasteiger partial charge in [0, 0.05) is 18.5 Å². The van der Waals surface area contributed by atoms with Crippen molar-refractivity contribution in [2.75, 3.05) is 13.1 Å². The molecule has 0 aliphatic carbocycles. The predicted octanol–water partition coefficient (Wildman–Crippen LogP) is 2.69. The Bertz CT molecular complexity index is 831. The van der Waals surface area contributed by atoms with Gasteiger partial charge in [-0.1, -0.05) is 25.1 Å². The van der Waals surface area contributed by atoms with Crippen LogP contribution in [-0.2, 0) is 13.0 Å². The Kier molecular flexibility index (Phi) is 4.48. The van der Waals surface area contributed by atoms with Gasteiger partial charge in [0.1, 0.15) is 5.82 Å². The van der Waals surface area contributed by atoms with E-state index in [4.69, 9.17) is 4.52 Å². The average molecular weight is 340 g/mol. The van der Waals surface area contributed by atoms with E-state index in [2.05, 4.69) is 43.5 Å². The first kappa shape index (κ1) is 16.2. The zero-order chi connectivity index (χ0) is 17.2. The molecule has 3 aromatic heterocycles. The SMILES string of the molecule is CC(C)Cc1noc(CN2CCC(c3nnc4ccccn34)CC2)n1. The van der Waals surface area contributed by atoms with E-state index in [9.17, 15) is 0 Å². The maximum Gasteiger partial charge on any atom is 0.240 e. The Morgan fingerprint density at radius 3 is 2.84 bits per heavy atom. The third-order valence-corrected chi connectivity index (χ3v) is 4.75. The largest absolute Gasteiger partial charge is 0.338 e. The van der Waals surface area contributed by atoms with Crippen LogP contribution >= 0.6 is 0 Å². The van der Waals surface area contributed by atoms with E-state index in [1.165, 1.54) is 0 Å². The molecule has 7 nitrogen and oxygen atoms in total. The molecule has 0 spiro atoms. The van der Waals surface area contributed by atoms with Crippen molar-refractivity contribution < 1.29 is 4.52 Å². The minimum absolute atomic E-state index is 0.452. The van der Waals surface area contributed by atoms with Gasteiger partial charge < -0.3 is 4.52 Å². The van der Waals surface area contributed by atoms with Gasteiger partial charge in [-0.05, 0) is 44.0 Å². The zero-order valence-electron chi connectivity index (χ0n) is 14.8. The molecule has 0 unspecified atom stereocenters. The summed E-state index contributed by atoms with van der Waals surface area (Å²) in [5.41, 5.74) is 0.920. The van der Waals surface area contributed by atoms with Crippen molar-refractivity contribution >= 4 is 5.65 Å². The van der Waals surface area contributed by atoms with Gasteiger partial charge in [0.05, 0.1) is 6.54 Å². The summed E-state index contributed by atoms with van der Waals surface area (Å²) in [7, 11) is 0. The maximum absolute atomic E-state index is 5.40. The molecule has 7 heteroatoms. The molecule has 0 amide bonds. The number of piperidine rings is 1. The lowest BCUT2D eigenvalue weighted by atomic mass is 9.96. The molecule has 1 aliphatic heterocycles. The molecular formula is C18H24N6O. The molecule has 0 aromatic carbocycles. The summed E-state index contributed by atoms with van der Waals surface area (Å²) in [5.74, 6) is 3.61. The van der Waals surface area contributed by atoms with Crippen molar-refractivity contribution in [1.29, 1.82) is 0 Å². The maximum atomic E-state index is 5.40. The Morgan fingerprint density at radius 1 is 1.20 bits per heavy atom. The number of nitrogens with zero attached hydrogens (tertiary/aromatic N) is 6. The molecule has 4 heterocycles. The summed E-state index contributed by atoms with van der Waals surface area (Å²) in [6.07, 6.45) is 5.06. The van der Waals surface area contributed by atoms with E-state index in [0.717, 1.165) is 62.1 Å². The highest BCUT2D eigenvalue weighted by Gasteiger charge is 2.25. The predicted molar refractivity (Wildman–Crippen MR) is 93.1 cm³/mol. The van der Waals surface area contributed by atoms with Gasteiger partial charge >= 0.3 is 0 Å². The van der Waals surface area contributed by atoms with E-state index in [1.54, 1.807) is 0 Å². The van der Waals surface area contributed by atoms with E-state index < -0.39 is 0 Å². The highest BCUT2D eigenvalue weighted by molar-refractivity contribution is 5.37. The highest BCUT2D eigenvalue weighted by atomic mass is 16.5. The van der Waals surface area contributed by atoms with E-state index in [0.29, 0.717) is 11.8 Å². The Morgan fingerprint density at radius 2 is 2.04 bits per heavy atom. The van der Waals surface area contributed by atoms with Crippen LogP contribution in [0.5, 0.6) is 0 Å². The number of pyridine rings is 1. The van der Waals surface area contributed by atoms with Gasteiger partial charge in [-0.2, -0.15) is 4.98 Å². The monoisotopic (exact) mass is 340 g/mol. The molecular weight excluding hydrogens is 316 g/mol. The molecule has 0 bridgehead atoms. The molecule has 3 aromatic rings. The molecule has 0 N–H and O–H groups in total. The number of rotatable bonds is 5. The van der Waals surface area contributed by atoms with Crippen molar-refractivity contribution in [3.05, 3.63) is 41.9 Å². The van der Waals surface area contributed by atoms with Crippen molar-refractivity contribution in [3.8, 4) is 0 Å². The molecule has 132 valence electrons. The molecule has 0 radical (unpaired) electrons. The Balaban J connectivity index is 1.36. The number of hydrogen-bond donors (Lipinski definition) is 0. The van der Waals surface area contributed by atoms with Gasteiger partial charge in [0.25, 0.3) is 0 Å². The van der Waals surface area contributed by atoms with Crippen LogP contribution in [0.1, 0.15) is 50.1 Å². The Labute approximate surface area is 147 Å². The fraction of sp³-hybridized carbons (Fsp3) is 0.556. The lowest BCUT2D eigenvalue weighted by molar-refractivity contribution is 0.178. The van der Waals surface area contributed by atoms with Crippen LogP contribution in [-0.4, -0.2) is 42.7 Å². The van der Waals surface area contributed by atoms with Crippen molar-refractivity contribution in [2.45, 2.75) is 45.6 Å². The number of aromatic nitrogens is 5. The van der Waals surface area contributed by atoms with Gasteiger partial charge in [0.15, 0.2) is 11.5 Å². The zero-order valence-corrected chi connectivity index (χ0v) is 14.8. The van der Waals surface area contributed by atoms with Crippen LogP contribution in [0.25, 0.3) is 5.65 Å². The topological polar surface area (TPSA) is 72.4 Å². The van der Waals surface area contributed by atoms with Gasteiger partial charge in [0.2, 0.25) is 5.89 Å². The molecule has 0 atom stereocenters. The second-order valence-electron chi connectivity index (χ2n) is 7.24. The summed E-state index contributed by atoms with van der Waals surface area (Å²) in [6.45, 7) is 7.07. The number of likely N-dealkylation sites (tertiary alicyclic amines) is 1. The minimum Gasteiger partial charge on any atom is -0.338 e. The summed E-state index contributed by atoms with van der Waals surface area (Å²) >= 11 is 0. The van der Waals surface area contributed by atoms with Crippen LogP contribution in [0, 0.1) is 5.92 Å². The fourth-order valence-electron chi connectivity index (χ4n) is 3.48. The molecule has 1 aliphatic rings. The van der Waals surface area contributed by atoms with Crippen LogP contribution in [0.2, 0.25) is 0 Å². The van der Waals surface area contributed by atoms with Crippen LogP contribution in [0.4, 0.5) is 0 Å². The van der Waals surface area contributed by atoms with Gasteiger partial charge in [-0.15, -0.1) is 10.2 Å². The summed E-state index contributed by atoms with van der Waals surface area (Å²) in [6, 6.07) is 6.02. The van der Waals surface area contributed by atoms with E-state index in [-0.39, 0.29) is 0 Å².